The first kappa shape index (κ1) is 19.0. The molecule has 5 heteroatoms. The lowest BCUT2D eigenvalue weighted by molar-refractivity contribution is 0.924. The van der Waals surface area contributed by atoms with E-state index in [9.17, 15) is 4.79 Å². The maximum Gasteiger partial charge on any atom is 0.266 e. The number of aromatic nitrogens is 4. The fraction of sp³-hybridized carbons (Fsp3) is 0.115. The molecular weight excluding hydrogens is 384 g/mol. The van der Waals surface area contributed by atoms with Crippen molar-refractivity contribution in [1.82, 2.24) is 19.5 Å². The van der Waals surface area contributed by atoms with Crippen molar-refractivity contribution in [3.63, 3.8) is 0 Å². The smallest absolute Gasteiger partial charge is 0.266 e. The van der Waals surface area contributed by atoms with E-state index in [1.807, 2.05) is 93.6 Å². The molecule has 5 aromatic rings. The molecule has 31 heavy (non-hydrogen) atoms. The van der Waals surface area contributed by atoms with Crippen molar-refractivity contribution in [2.75, 3.05) is 0 Å². The lowest BCUT2D eigenvalue weighted by Crippen LogP contribution is -2.23. The summed E-state index contributed by atoms with van der Waals surface area (Å²) < 4.78 is 1.72. The Kier molecular flexibility index (Phi) is 4.51. The van der Waals surface area contributed by atoms with Gasteiger partial charge in [-0.2, -0.15) is 0 Å². The minimum Gasteiger partial charge on any atom is -0.342 e. The van der Waals surface area contributed by atoms with Gasteiger partial charge in [-0.25, -0.2) is 9.97 Å². The van der Waals surface area contributed by atoms with Gasteiger partial charge in [-0.3, -0.25) is 9.36 Å². The minimum atomic E-state index is -0.0711. The number of nitrogens with one attached hydrogen (secondary N) is 1. The van der Waals surface area contributed by atoms with Crippen LogP contribution in [0, 0.1) is 20.8 Å². The highest BCUT2D eigenvalue weighted by molar-refractivity contribution is 5.88. The number of rotatable bonds is 3. The lowest BCUT2D eigenvalue weighted by Gasteiger charge is -2.16. The monoisotopic (exact) mass is 406 g/mol. The highest BCUT2D eigenvalue weighted by Crippen LogP contribution is 2.23. The molecular formula is C26H22N4O. The van der Waals surface area contributed by atoms with E-state index in [1.54, 1.807) is 4.57 Å². The molecule has 0 aliphatic rings. The summed E-state index contributed by atoms with van der Waals surface area (Å²) in [5, 5.41) is 0.605. The van der Waals surface area contributed by atoms with Crippen LogP contribution >= 0.6 is 0 Å². The summed E-state index contributed by atoms with van der Waals surface area (Å²) in [4.78, 5) is 26.2. The Bertz CT molecular complexity index is 1520. The average Bonchev–Trinajstić information content (AvgIpc) is 3.14. The second kappa shape index (κ2) is 7.36. The third-order valence-corrected chi connectivity index (χ3v) is 5.55. The van der Waals surface area contributed by atoms with Crippen molar-refractivity contribution in [3.05, 3.63) is 99.4 Å². The van der Waals surface area contributed by atoms with Crippen LogP contribution in [0.2, 0.25) is 0 Å². The van der Waals surface area contributed by atoms with Crippen LogP contribution < -0.4 is 5.56 Å². The summed E-state index contributed by atoms with van der Waals surface area (Å²) >= 11 is 0. The molecule has 2 aromatic heterocycles. The van der Waals surface area contributed by atoms with Crippen molar-refractivity contribution >= 4 is 34.1 Å². The van der Waals surface area contributed by atoms with Crippen LogP contribution in [0.15, 0.2) is 65.5 Å². The van der Waals surface area contributed by atoms with E-state index in [-0.39, 0.29) is 5.56 Å². The fourth-order valence-corrected chi connectivity index (χ4v) is 4.12. The van der Waals surface area contributed by atoms with Gasteiger partial charge in [0.1, 0.15) is 11.6 Å². The predicted molar refractivity (Wildman–Crippen MR) is 127 cm³/mol. The molecule has 0 unspecified atom stereocenters. The van der Waals surface area contributed by atoms with Crippen molar-refractivity contribution in [2.24, 2.45) is 0 Å². The molecule has 0 saturated carbocycles. The normalized spacial score (nSPS) is 11.7. The second-order valence-corrected chi connectivity index (χ2v) is 7.77. The van der Waals surface area contributed by atoms with Crippen molar-refractivity contribution < 1.29 is 0 Å². The van der Waals surface area contributed by atoms with E-state index >= 15 is 0 Å². The van der Waals surface area contributed by atoms with Crippen LogP contribution in [0.4, 0.5) is 0 Å². The number of H-pyrrole nitrogens is 1. The molecule has 3 aromatic carbocycles. The zero-order valence-electron chi connectivity index (χ0n) is 17.7. The summed E-state index contributed by atoms with van der Waals surface area (Å²) in [6, 6.07) is 19.5. The van der Waals surface area contributed by atoms with Gasteiger partial charge in [0.25, 0.3) is 5.56 Å². The standard InChI is InChI=1S/C26H22N4O/c1-16-8-6-9-17(2)25(16)30-23(29-21-12-5-4-11-20(21)26(30)31)15-14-19-10-7-13-22-24(19)28-18(3)27-22/h4-15H,1-3H3,(H,27,28)/b15-14+. The molecule has 2 heterocycles. The van der Waals surface area contributed by atoms with Crippen LogP contribution in [-0.2, 0) is 0 Å². The SMILES string of the molecule is Cc1nc2cccc(/C=C/c3nc4ccccc4c(=O)n3-c3c(C)cccc3C)c2[nH]1. The number of aryl methyl sites for hydroxylation is 3. The predicted octanol–water partition coefficient (Wildman–Crippen LogP) is 5.36. The molecule has 0 fully saturated rings. The van der Waals surface area contributed by atoms with Crippen LogP contribution in [0.5, 0.6) is 0 Å². The van der Waals surface area contributed by atoms with Gasteiger partial charge in [0, 0.05) is 5.56 Å². The molecule has 0 saturated heterocycles. The summed E-state index contributed by atoms with van der Waals surface area (Å²) in [5.41, 5.74) is 6.43. The van der Waals surface area contributed by atoms with Gasteiger partial charge in [-0.05, 0) is 62.2 Å². The molecule has 0 aliphatic carbocycles. The number of hydrogen-bond donors (Lipinski definition) is 1. The Morgan fingerprint density at radius 3 is 2.32 bits per heavy atom. The van der Waals surface area contributed by atoms with Gasteiger partial charge in [0.2, 0.25) is 0 Å². The summed E-state index contributed by atoms with van der Waals surface area (Å²) in [5.74, 6) is 1.46. The summed E-state index contributed by atoms with van der Waals surface area (Å²) in [6.45, 7) is 5.98. The highest BCUT2D eigenvalue weighted by atomic mass is 16.1. The number of aromatic amines is 1. The first-order valence-electron chi connectivity index (χ1n) is 10.2. The van der Waals surface area contributed by atoms with E-state index in [0.717, 1.165) is 39.2 Å². The molecule has 0 spiro atoms. The fourth-order valence-electron chi connectivity index (χ4n) is 4.12. The Hall–Kier alpha value is -3.99. The lowest BCUT2D eigenvalue weighted by atomic mass is 10.1. The number of nitrogens with zero attached hydrogens (tertiary/aromatic N) is 3. The van der Waals surface area contributed by atoms with Crippen LogP contribution in [0.3, 0.4) is 0 Å². The Morgan fingerprint density at radius 1 is 0.806 bits per heavy atom. The van der Waals surface area contributed by atoms with E-state index in [0.29, 0.717) is 16.7 Å². The van der Waals surface area contributed by atoms with Gasteiger partial charge in [-0.15, -0.1) is 0 Å². The Morgan fingerprint density at radius 2 is 1.52 bits per heavy atom. The molecule has 0 bridgehead atoms. The molecule has 152 valence electrons. The number of hydrogen-bond acceptors (Lipinski definition) is 3. The number of fused-ring (bicyclic) bond motifs is 2. The van der Waals surface area contributed by atoms with Crippen molar-refractivity contribution in [2.45, 2.75) is 20.8 Å². The van der Waals surface area contributed by atoms with Gasteiger partial charge < -0.3 is 4.98 Å². The third kappa shape index (κ3) is 3.24. The van der Waals surface area contributed by atoms with Crippen LogP contribution in [0.1, 0.15) is 28.3 Å². The number of benzene rings is 3. The topological polar surface area (TPSA) is 63.6 Å². The molecule has 5 nitrogen and oxygen atoms in total. The van der Waals surface area contributed by atoms with Crippen molar-refractivity contribution in [3.8, 4) is 5.69 Å². The molecule has 5 rings (SSSR count). The molecule has 0 atom stereocenters. The highest BCUT2D eigenvalue weighted by Gasteiger charge is 2.14. The quantitative estimate of drug-likeness (QED) is 0.439. The van der Waals surface area contributed by atoms with Crippen LogP contribution in [0.25, 0.3) is 39.8 Å². The zero-order valence-corrected chi connectivity index (χ0v) is 17.7. The van der Waals surface area contributed by atoms with E-state index < -0.39 is 0 Å². The maximum atomic E-state index is 13.6. The zero-order chi connectivity index (χ0) is 21.5. The number of para-hydroxylation sites is 3. The third-order valence-electron chi connectivity index (χ3n) is 5.55. The van der Waals surface area contributed by atoms with E-state index in [4.69, 9.17) is 4.98 Å². The largest absolute Gasteiger partial charge is 0.342 e. The Labute approximate surface area is 179 Å². The molecule has 0 amide bonds. The molecule has 0 radical (unpaired) electrons. The minimum absolute atomic E-state index is 0.0711. The van der Waals surface area contributed by atoms with E-state index in [2.05, 4.69) is 9.97 Å². The Balaban J connectivity index is 1.78. The molecule has 1 N–H and O–H groups in total. The average molecular weight is 406 g/mol. The first-order valence-corrected chi connectivity index (χ1v) is 10.2. The summed E-state index contributed by atoms with van der Waals surface area (Å²) in [7, 11) is 0. The molecule has 0 aliphatic heterocycles. The van der Waals surface area contributed by atoms with E-state index in [1.165, 1.54) is 0 Å². The van der Waals surface area contributed by atoms with Crippen molar-refractivity contribution in [1.29, 1.82) is 0 Å². The second-order valence-electron chi connectivity index (χ2n) is 7.77. The van der Waals surface area contributed by atoms with Gasteiger partial charge in [0.05, 0.1) is 27.6 Å². The van der Waals surface area contributed by atoms with Crippen LogP contribution in [-0.4, -0.2) is 19.5 Å². The van der Waals surface area contributed by atoms with Gasteiger partial charge >= 0.3 is 0 Å². The first-order chi connectivity index (χ1) is 15.0. The van der Waals surface area contributed by atoms with Gasteiger partial charge in [0.15, 0.2) is 0 Å². The van der Waals surface area contributed by atoms with Gasteiger partial charge in [-0.1, -0.05) is 42.5 Å². The number of imidazole rings is 1. The summed E-state index contributed by atoms with van der Waals surface area (Å²) in [6.07, 6.45) is 3.89. The maximum absolute atomic E-state index is 13.6.